The maximum absolute atomic E-state index is 12.9. The quantitative estimate of drug-likeness (QED) is 0.337. The third-order valence-electron chi connectivity index (χ3n) is 5.03. The van der Waals surface area contributed by atoms with Gasteiger partial charge >= 0.3 is 12.0 Å². The van der Waals surface area contributed by atoms with Crippen LogP contribution in [0.3, 0.4) is 0 Å². The van der Waals surface area contributed by atoms with E-state index in [2.05, 4.69) is 15.7 Å². The molecule has 2 aromatic carbocycles. The fraction of sp³-hybridized carbons (Fsp3) is 0.280. The normalized spacial score (nSPS) is 10.4. The number of ether oxygens (including phenoxy) is 3. The molecule has 0 radical (unpaired) electrons. The molecule has 0 aliphatic heterocycles. The van der Waals surface area contributed by atoms with Gasteiger partial charge in [0.05, 0.1) is 19.9 Å². The molecule has 0 bridgehead atoms. The zero-order valence-electron chi connectivity index (χ0n) is 19.9. The Kier molecular flexibility index (Phi) is 8.82. The average molecular weight is 481 g/mol. The second kappa shape index (κ2) is 12.2. The van der Waals surface area contributed by atoms with Gasteiger partial charge in [-0.15, -0.1) is 0 Å². The summed E-state index contributed by atoms with van der Waals surface area (Å²) < 4.78 is 17.4. The molecule has 10 nitrogen and oxygen atoms in total. The third kappa shape index (κ3) is 6.59. The van der Waals surface area contributed by atoms with E-state index in [-0.39, 0.29) is 5.69 Å². The van der Waals surface area contributed by atoms with Crippen molar-refractivity contribution in [1.29, 1.82) is 0 Å². The van der Waals surface area contributed by atoms with Crippen LogP contribution in [0.5, 0.6) is 11.5 Å². The predicted octanol–water partition coefficient (Wildman–Crippen LogP) is 3.34. The van der Waals surface area contributed by atoms with Crippen molar-refractivity contribution < 1.29 is 28.6 Å². The monoisotopic (exact) mass is 480 g/mol. The molecule has 184 valence electrons. The van der Waals surface area contributed by atoms with Crippen LogP contribution in [0, 0.1) is 0 Å². The number of urea groups is 1. The molecule has 0 saturated heterocycles. The van der Waals surface area contributed by atoms with E-state index in [0.29, 0.717) is 29.2 Å². The van der Waals surface area contributed by atoms with E-state index in [0.717, 1.165) is 18.5 Å². The molecule has 0 fully saturated rings. The van der Waals surface area contributed by atoms with Crippen LogP contribution in [0.2, 0.25) is 0 Å². The van der Waals surface area contributed by atoms with Crippen LogP contribution in [0.25, 0.3) is 16.8 Å². The average Bonchev–Trinajstić information content (AvgIpc) is 3.33. The van der Waals surface area contributed by atoms with Crippen LogP contribution in [0.4, 0.5) is 4.79 Å². The van der Waals surface area contributed by atoms with Crippen LogP contribution in [0.1, 0.15) is 30.3 Å². The number of methoxy groups -OCH3 is 2. The van der Waals surface area contributed by atoms with Gasteiger partial charge in [-0.1, -0.05) is 37.6 Å². The summed E-state index contributed by atoms with van der Waals surface area (Å²) in [4.78, 5) is 36.7. The first-order chi connectivity index (χ1) is 17.0. The number of nitrogens with zero attached hydrogens (tertiary/aromatic N) is 2. The van der Waals surface area contributed by atoms with Crippen LogP contribution in [-0.4, -0.2) is 55.1 Å². The number of hydrogen-bond donors (Lipinski definition) is 2. The van der Waals surface area contributed by atoms with Crippen molar-refractivity contribution in [2.45, 2.75) is 19.8 Å². The van der Waals surface area contributed by atoms with Gasteiger partial charge in [0.2, 0.25) is 0 Å². The first-order valence-electron chi connectivity index (χ1n) is 11.1. The molecule has 1 aromatic heterocycles. The fourth-order valence-electron chi connectivity index (χ4n) is 3.24. The van der Waals surface area contributed by atoms with Crippen molar-refractivity contribution in [2.75, 3.05) is 27.4 Å². The number of esters is 1. The molecular weight excluding hydrogens is 452 g/mol. The molecule has 2 N–H and O–H groups in total. The van der Waals surface area contributed by atoms with E-state index in [1.807, 2.05) is 37.3 Å². The van der Waals surface area contributed by atoms with Crippen molar-refractivity contribution in [3.8, 4) is 28.3 Å². The summed E-state index contributed by atoms with van der Waals surface area (Å²) in [6, 6.07) is 13.8. The highest BCUT2D eigenvalue weighted by atomic mass is 16.5. The second-order valence-electron chi connectivity index (χ2n) is 7.48. The maximum atomic E-state index is 12.9. The van der Waals surface area contributed by atoms with E-state index < -0.39 is 24.5 Å². The number of carbonyl (C=O) groups is 3. The minimum atomic E-state index is -0.814. The Morgan fingerprint density at radius 1 is 1.00 bits per heavy atom. The van der Waals surface area contributed by atoms with Crippen molar-refractivity contribution in [2.24, 2.45) is 0 Å². The number of rotatable bonds is 10. The number of amides is 3. The van der Waals surface area contributed by atoms with Crippen molar-refractivity contribution in [3.05, 3.63) is 60.4 Å². The standard InChI is InChI=1S/C25H28N4O6/c1-4-5-13-26-25(32)27-22(30)16-35-24(31)23-19(15-29(28-23)18-9-7-6-8-10-18)17-11-12-20(33-2)21(14-17)34-3/h6-12,14-15H,4-5,13,16H2,1-3H3,(H2,26,27,30,32). The number of carbonyl (C=O) groups excluding carboxylic acids is 3. The first kappa shape index (κ1) is 25.3. The van der Waals surface area contributed by atoms with Gasteiger partial charge < -0.3 is 19.5 Å². The summed E-state index contributed by atoms with van der Waals surface area (Å²) in [6.07, 6.45) is 3.39. The topological polar surface area (TPSA) is 121 Å². The van der Waals surface area contributed by atoms with Gasteiger partial charge in [-0.25, -0.2) is 14.3 Å². The Morgan fingerprint density at radius 2 is 1.74 bits per heavy atom. The molecule has 1 heterocycles. The molecule has 0 unspecified atom stereocenters. The van der Waals surface area contributed by atoms with Crippen LogP contribution in [-0.2, 0) is 9.53 Å². The molecule has 3 aromatic rings. The zero-order chi connectivity index (χ0) is 25.2. The lowest BCUT2D eigenvalue weighted by atomic mass is 10.1. The van der Waals surface area contributed by atoms with Crippen molar-refractivity contribution >= 4 is 17.9 Å². The van der Waals surface area contributed by atoms with Gasteiger partial charge in [-0.2, -0.15) is 5.10 Å². The third-order valence-corrected chi connectivity index (χ3v) is 5.03. The lowest BCUT2D eigenvalue weighted by molar-refractivity contribution is -0.123. The van der Waals surface area contributed by atoms with E-state index in [1.54, 1.807) is 29.1 Å². The van der Waals surface area contributed by atoms with E-state index >= 15 is 0 Å². The lowest BCUT2D eigenvalue weighted by Crippen LogP contribution is -2.41. The molecule has 0 spiro atoms. The van der Waals surface area contributed by atoms with Gasteiger partial charge in [0.15, 0.2) is 23.8 Å². The summed E-state index contributed by atoms with van der Waals surface area (Å²) in [5, 5.41) is 9.09. The molecule has 0 aliphatic rings. The van der Waals surface area contributed by atoms with Crippen molar-refractivity contribution in [3.63, 3.8) is 0 Å². The fourth-order valence-corrected chi connectivity index (χ4v) is 3.24. The minimum absolute atomic E-state index is 0.00118. The zero-order valence-corrected chi connectivity index (χ0v) is 19.9. The number of unbranched alkanes of at least 4 members (excludes halogenated alkanes) is 1. The highest BCUT2D eigenvalue weighted by molar-refractivity contribution is 5.99. The van der Waals surface area contributed by atoms with E-state index in [1.165, 1.54) is 14.2 Å². The number of aromatic nitrogens is 2. The number of imide groups is 1. The van der Waals surface area contributed by atoms with Gasteiger partial charge in [0, 0.05) is 18.3 Å². The molecule has 0 saturated carbocycles. The number of para-hydroxylation sites is 1. The summed E-state index contributed by atoms with van der Waals surface area (Å²) in [7, 11) is 3.05. The SMILES string of the molecule is CCCCNC(=O)NC(=O)COC(=O)c1nn(-c2ccccc2)cc1-c1ccc(OC)c(OC)c1. The molecule has 3 amide bonds. The van der Waals surface area contributed by atoms with Crippen LogP contribution in [0.15, 0.2) is 54.7 Å². The Hall–Kier alpha value is -4.34. The van der Waals surface area contributed by atoms with Gasteiger partial charge in [0.1, 0.15) is 0 Å². The highest BCUT2D eigenvalue weighted by Gasteiger charge is 2.22. The Balaban J connectivity index is 1.82. The second-order valence-corrected chi connectivity index (χ2v) is 7.48. The molecule has 35 heavy (non-hydrogen) atoms. The van der Waals surface area contributed by atoms with Crippen LogP contribution < -0.4 is 20.1 Å². The molecule has 3 rings (SSSR count). The lowest BCUT2D eigenvalue weighted by Gasteiger charge is -2.10. The Labute approximate surface area is 203 Å². The molecule has 0 aliphatic carbocycles. The summed E-state index contributed by atoms with van der Waals surface area (Å²) in [5.74, 6) is -0.552. The largest absolute Gasteiger partial charge is 0.493 e. The maximum Gasteiger partial charge on any atom is 0.360 e. The number of nitrogens with one attached hydrogen (secondary N) is 2. The van der Waals surface area contributed by atoms with Crippen LogP contribution >= 0.6 is 0 Å². The van der Waals surface area contributed by atoms with Gasteiger partial charge in [0.25, 0.3) is 5.91 Å². The molecule has 10 heteroatoms. The minimum Gasteiger partial charge on any atom is -0.493 e. The molecular formula is C25H28N4O6. The highest BCUT2D eigenvalue weighted by Crippen LogP contribution is 2.34. The van der Waals surface area contributed by atoms with Gasteiger partial charge in [-0.05, 0) is 36.2 Å². The summed E-state index contributed by atoms with van der Waals surface area (Å²) in [6.45, 7) is 1.80. The van der Waals surface area contributed by atoms with E-state index in [4.69, 9.17) is 14.2 Å². The Bertz CT molecular complexity index is 1180. The summed E-state index contributed by atoms with van der Waals surface area (Å²) in [5.41, 5.74) is 1.84. The van der Waals surface area contributed by atoms with Gasteiger partial charge in [-0.3, -0.25) is 10.1 Å². The number of hydrogen-bond acceptors (Lipinski definition) is 7. The molecule has 0 atom stereocenters. The Morgan fingerprint density at radius 3 is 2.43 bits per heavy atom. The predicted molar refractivity (Wildman–Crippen MR) is 129 cm³/mol. The van der Waals surface area contributed by atoms with Crippen molar-refractivity contribution in [1.82, 2.24) is 20.4 Å². The van der Waals surface area contributed by atoms with E-state index in [9.17, 15) is 14.4 Å². The number of benzene rings is 2. The smallest absolute Gasteiger partial charge is 0.360 e. The first-order valence-corrected chi connectivity index (χ1v) is 11.1. The summed E-state index contributed by atoms with van der Waals surface area (Å²) >= 11 is 0.